The molecular formula is C22H29NO3. The first-order chi connectivity index (χ1) is 12.8. The van der Waals surface area contributed by atoms with Gasteiger partial charge in [-0.05, 0) is 30.4 Å². The Kier molecular flexibility index (Phi) is 7.21. The summed E-state index contributed by atoms with van der Waals surface area (Å²) in [4.78, 5) is 2.43. The molecule has 1 aliphatic heterocycles. The normalized spacial score (nSPS) is 21.2. The van der Waals surface area contributed by atoms with Crippen LogP contribution in [0, 0.1) is 0 Å². The molecule has 140 valence electrons. The second-order valence-electron chi connectivity index (χ2n) is 7.02. The monoisotopic (exact) mass is 355 g/mol. The minimum Gasteiger partial charge on any atom is -0.396 e. The van der Waals surface area contributed by atoms with E-state index in [4.69, 9.17) is 4.74 Å². The van der Waals surface area contributed by atoms with E-state index in [0.717, 1.165) is 32.4 Å². The summed E-state index contributed by atoms with van der Waals surface area (Å²) < 4.78 is 5.81. The predicted molar refractivity (Wildman–Crippen MR) is 102 cm³/mol. The van der Waals surface area contributed by atoms with Gasteiger partial charge in [-0.15, -0.1) is 0 Å². The molecule has 3 rings (SSSR count). The maximum absolute atomic E-state index is 9.85. The quantitative estimate of drug-likeness (QED) is 0.724. The maximum Gasteiger partial charge on any atom is 0.155 e. The first kappa shape index (κ1) is 19.1. The Bertz CT molecular complexity index is 593. The van der Waals surface area contributed by atoms with Gasteiger partial charge in [0.05, 0.1) is 6.10 Å². The fraction of sp³-hybridized carbons (Fsp3) is 0.455. The van der Waals surface area contributed by atoms with Gasteiger partial charge in [0.15, 0.2) is 6.29 Å². The van der Waals surface area contributed by atoms with Crippen LogP contribution in [-0.4, -0.2) is 40.2 Å². The summed E-state index contributed by atoms with van der Waals surface area (Å²) >= 11 is 0. The van der Waals surface area contributed by atoms with Crippen LogP contribution in [-0.2, 0) is 17.8 Å². The Morgan fingerprint density at radius 2 is 1.50 bits per heavy atom. The van der Waals surface area contributed by atoms with Crippen LogP contribution < -0.4 is 0 Å². The number of nitrogens with zero attached hydrogens (tertiary/aromatic N) is 1. The molecule has 2 aromatic rings. The molecule has 1 aliphatic rings. The predicted octanol–water partition coefficient (Wildman–Crippen LogP) is 3.33. The van der Waals surface area contributed by atoms with Crippen LogP contribution in [0.25, 0.3) is 0 Å². The summed E-state index contributed by atoms with van der Waals surface area (Å²) in [5.41, 5.74) is 2.52. The molecule has 1 unspecified atom stereocenters. The lowest BCUT2D eigenvalue weighted by Gasteiger charge is -2.35. The summed E-state index contributed by atoms with van der Waals surface area (Å²) in [5, 5.41) is 19.2. The van der Waals surface area contributed by atoms with Crippen LogP contribution in [0.1, 0.15) is 36.8 Å². The van der Waals surface area contributed by atoms with Crippen molar-refractivity contribution in [3.63, 3.8) is 0 Å². The zero-order valence-electron chi connectivity index (χ0n) is 15.2. The lowest BCUT2D eigenvalue weighted by Crippen LogP contribution is -2.43. The fourth-order valence-electron chi connectivity index (χ4n) is 3.76. The van der Waals surface area contributed by atoms with Gasteiger partial charge in [-0.2, -0.15) is 0 Å². The third-order valence-electron chi connectivity index (χ3n) is 5.04. The molecule has 4 heteroatoms. The van der Waals surface area contributed by atoms with Crippen LogP contribution in [0.5, 0.6) is 0 Å². The van der Waals surface area contributed by atoms with Gasteiger partial charge in [0.2, 0.25) is 0 Å². The maximum atomic E-state index is 9.85. The molecule has 26 heavy (non-hydrogen) atoms. The highest BCUT2D eigenvalue weighted by molar-refractivity contribution is 5.17. The van der Waals surface area contributed by atoms with Crippen LogP contribution >= 0.6 is 0 Å². The molecule has 0 radical (unpaired) electrons. The van der Waals surface area contributed by atoms with Gasteiger partial charge < -0.3 is 14.9 Å². The average molecular weight is 355 g/mol. The van der Waals surface area contributed by atoms with E-state index in [0.29, 0.717) is 6.42 Å². The Hall–Kier alpha value is -1.72. The van der Waals surface area contributed by atoms with E-state index in [1.165, 1.54) is 11.1 Å². The lowest BCUT2D eigenvalue weighted by atomic mass is 9.99. The topological polar surface area (TPSA) is 52.9 Å². The highest BCUT2D eigenvalue weighted by Gasteiger charge is 2.34. The van der Waals surface area contributed by atoms with Crippen molar-refractivity contribution in [2.75, 3.05) is 6.61 Å². The van der Waals surface area contributed by atoms with Crippen LogP contribution in [0.4, 0.5) is 0 Å². The van der Waals surface area contributed by atoms with Gasteiger partial charge in [0.25, 0.3) is 0 Å². The van der Waals surface area contributed by atoms with Crippen molar-refractivity contribution >= 4 is 0 Å². The van der Waals surface area contributed by atoms with E-state index in [9.17, 15) is 10.2 Å². The molecule has 1 saturated heterocycles. The largest absolute Gasteiger partial charge is 0.396 e. The molecule has 0 amide bonds. The molecule has 2 N–H and O–H groups in total. The van der Waals surface area contributed by atoms with Gasteiger partial charge in [0, 0.05) is 32.2 Å². The Morgan fingerprint density at radius 3 is 1.96 bits per heavy atom. The lowest BCUT2D eigenvalue weighted by molar-refractivity contribution is -0.114. The van der Waals surface area contributed by atoms with Crippen LogP contribution in [0.2, 0.25) is 0 Å². The third-order valence-corrected chi connectivity index (χ3v) is 5.04. The zero-order valence-corrected chi connectivity index (χ0v) is 15.2. The van der Waals surface area contributed by atoms with Crippen molar-refractivity contribution in [2.45, 2.75) is 57.2 Å². The number of hydrogen-bond donors (Lipinski definition) is 2. The van der Waals surface area contributed by atoms with Crippen molar-refractivity contribution in [3.8, 4) is 0 Å². The number of aliphatic hydroxyl groups is 2. The van der Waals surface area contributed by atoms with E-state index in [1.807, 2.05) is 12.1 Å². The van der Waals surface area contributed by atoms with Crippen molar-refractivity contribution in [3.05, 3.63) is 71.8 Å². The highest BCUT2D eigenvalue weighted by atomic mass is 16.6. The third kappa shape index (κ3) is 5.39. The van der Waals surface area contributed by atoms with Gasteiger partial charge in [0.1, 0.15) is 0 Å². The smallest absolute Gasteiger partial charge is 0.155 e. The molecule has 0 aliphatic carbocycles. The van der Waals surface area contributed by atoms with Crippen molar-refractivity contribution in [1.82, 2.24) is 4.90 Å². The van der Waals surface area contributed by atoms with E-state index in [1.54, 1.807) is 0 Å². The Morgan fingerprint density at radius 1 is 0.923 bits per heavy atom. The summed E-state index contributed by atoms with van der Waals surface area (Å²) in [6, 6.07) is 21.1. The van der Waals surface area contributed by atoms with E-state index >= 15 is 0 Å². The first-order valence-electron chi connectivity index (χ1n) is 9.52. The van der Waals surface area contributed by atoms with Gasteiger partial charge >= 0.3 is 0 Å². The van der Waals surface area contributed by atoms with Crippen molar-refractivity contribution < 1.29 is 14.9 Å². The van der Waals surface area contributed by atoms with Gasteiger partial charge in [-0.1, -0.05) is 60.7 Å². The molecule has 0 saturated carbocycles. The van der Waals surface area contributed by atoms with E-state index < -0.39 is 6.29 Å². The van der Waals surface area contributed by atoms with Gasteiger partial charge in [-0.3, -0.25) is 4.90 Å². The minimum atomic E-state index is -0.660. The summed E-state index contributed by atoms with van der Waals surface area (Å²) in [7, 11) is 0. The Labute approximate surface area is 156 Å². The molecule has 4 nitrogen and oxygen atoms in total. The van der Waals surface area contributed by atoms with Gasteiger partial charge in [-0.25, -0.2) is 0 Å². The molecule has 1 heterocycles. The van der Waals surface area contributed by atoms with Crippen molar-refractivity contribution in [1.29, 1.82) is 0 Å². The van der Waals surface area contributed by atoms with Crippen molar-refractivity contribution in [2.24, 2.45) is 0 Å². The number of hydrogen-bond acceptors (Lipinski definition) is 4. The molecule has 0 bridgehead atoms. The van der Waals surface area contributed by atoms with Crippen LogP contribution in [0.3, 0.4) is 0 Å². The molecule has 2 aromatic carbocycles. The SMILES string of the molecule is OCCC[C@H]([C@@H]1CCC(O)O1)N(Cc1ccccc1)Cc1ccccc1. The number of benzene rings is 2. The number of aliphatic hydroxyl groups excluding tert-OH is 2. The molecule has 0 aromatic heterocycles. The number of ether oxygens (including phenoxy) is 1. The fourth-order valence-corrected chi connectivity index (χ4v) is 3.76. The highest BCUT2D eigenvalue weighted by Crippen LogP contribution is 2.28. The number of rotatable bonds is 9. The van der Waals surface area contributed by atoms with E-state index in [2.05, 4.69) is 53.4 Å². The summed E-state index contributed by atoms with van der Waals surface area (Å²) in [5.74, 6) is 0. The van der Waals surface area contributed by atoms with Crippen LogP contribution in [0.15, 0.2) is 60.7 Å². The summed E-state index contributed by atoms with van der Waals surface area (Å²) in [6.45, 7) is 1.82. The first-order valence-corrected chi connectivity index (χ1v) is 9.52. The minimum absolute atomic E-state index is 0.00368. The molecule has 1 fully saturated rings. The average Bonchev–Trinajstić information content (AvgIpc) is 3.10. The molecular weight excluding hydrogens is 326 g/mol. The standard InChI is InChI=1S/C22H29NO3/c24-15-7-12-20(21-13-14-22(25)26-21)23(16-18-8-3-1-4-9-18)17-19-10-5-2-6-11-19/h1-6,8-11,20-22,24-25H,7,12-17H2/t20-,21+,22?/m1/s1. The van der Waals surface area contributed by atoms with E-state index in [-0.39, 0.29) is 18.8 Å². The Balaban J connectivity index is 1.81. The molecule has 0 spiro atoms. The molecule has 3 atom stereocenters. The second-order valence-corrected chi connectivity index (χ2v) is 7.02. The zero-order chi connectivity index (χ0) is 18.2. The summed E-state index contributed by atoms with van der Waals surface area (Å²) in [6.07, 6.45) is 2.48. The second kappa shape index (κ2) is 9.83.